The molecule has 1 amide bonds. The molecule has 1 fully saturated rings. The Labute approximate surface area is 179 Å². The fraction of sp³-hybridized carbons (Fsp3) is 0.591. The Morgan fingerprint density at radius 2 is 1.87 bits per heavy atom. The molecule has 1 atom stereocenters. The first-order valence-electron chi connectivity index (χ1n) is 10.6. The van der Waals surface area contributed by atoms with Crippen LogP contribution in [0.5, 0.6) is 0 Å². The average Bonchev–Trinajstić information content (AvgIpc) is 2.70. The lowest BCUT2D eigenvalue weighted by atomic mass is 9.76. The fourth-order valence-corrected chi connectivity index (χ4v) is 5.66. The summed E-state index contributed by atoms with van der Waals surface area (Å²) in [6, 6.07) is 6.79. The van der Waals surface area contributed by atoms with Gasteiger partial charge in [0.2, 0.25) is 15.9 Å². The maximum atomic E-state index is 12.7. The number of nitrogens with one attached hydrogen (secondary N) is 2. The fourth-order valence-electron chi connectivity index (χ4n) is 4.26. The highest BCUT2D eigenvalue weighted by atomic mass is 32.2. The Hall–Kier alpha value is -1.90. The molecule has 1 aromatic rings. The number of benzene rings is 1. The molecule has 0 unspecified atom stereocenters. The van der Waals surface area contributed by atoms with Gasteiger partial charge in [0.05, 0.1) is 18.1 Å². The van der Waals surface area contributed by atoms with Crippen molar-refractivity contribution in [3.8, 4) is 0 Å². The summed E-state index contributed by atoms with van der Waals surface area (Å²) < 4.78 is 32.0. The van der Waals surface area contributed by atoms with Crippen molar-refractivity contribution in [2.75, 3.05) is 26.3 Å². The number of morpholine rings is 1. The zero-order chi connectivity index (χ0) is 21.8. The Balaban J connectivity index is 1.49. The predicted molar refractivity (Wildman–Crippen MR) is 116 cm³/mol. The minimum Gasteiger partial charge on any atom is -0.379 e. The molecule has 0 spiro atoms. The third kappa shape index (κ3) is 6.06. The molecule has 0 bridgehead atoms. The van der Waals surface area contributed by atoms with Crippen LogP contribution in [-0.4, -0.2) is 44.9 Å². The smallest absolute Gasteiger partial charge is 0.243 e. The average molecular weight is 436 g/mol. The first kappa shape index (κ1) is 22.8. The molecule has 1 aliphatic heterocycles. The lowest BCUT2D eigenvalue weighted by Gasteiger charge is -2.32. The lowest BCUT2D eigenvalue weighted by Crippen LogP contribution is -2.40. The summed E-state index contributed by atoms with van der Waals surface area (Å²) >= 11 is 0. The Morgan fingerprint density at radius 1 is 1.20 bits per heavy atom. The maximum Gasteiger partial charge on any atom is 0.243 e. The number of hydrogen-bond donors (Lipinski definition) is 2. The molecule has 0 saturated carbocycles. The Morgan fingerprint density at radius 3 is 2.50 bits per heavy atom. The second-order valence-electron chi connectivity index (χ2n) is 9.01. The van der Waals surface area contributed by atoms with E-state index in [9.17, 15) is 13.2 Å². The van der Waals surface area contributed by atoms with Gasteiger partial charge in [-0.3, -0.25) is 10.2 Å². The summed E-state index contributed by atoms with van der Waals surface area (Å²) in [5.74, 6) is 0.494. The van der Waals surface area contributed by atoms with Gasteiger partial charge in [-0.1, -0.05) is 39.0 Å². The molecule has 2 aliphatic rings. The largest absolute Gasteiger partial charge is 0.379 e. The highest BCUT2D eigenvalue weighted by Gasteiger charge is 2.26. The topological polar surface area (TPSA) is 87.7 Å². The number of allylic oxidation sites excluding steroid dienone is 2. The number of amides is 1. The van der Waals surface area contributed by atoms with E-state index in [4.69, 9.17) is 4.74 Å². The van der Waals surface area contributed by atoms with Crippen LogP contribution in [0, 0.1) is 11.3 Å². The van der Waals surface area contributed by atoms with Crippen molar-refractivity contribution in [1.29, 1.82) is 0 Å². The van der Waals surface area contributed by atoms with Crippen LogP contribution in [-0.2, 0) is 26.0 Å². The van der Waals surface area contributed by atoms with Crippen LogP contribution in [0.1, 0.15) is 45.6 Å². The van der Waals surface area contributed by atoms with Gasteiger partial charge in [-0.25, -0.2) is 8.42 Å². The van der Waals surface area contributed by atoms with E-state index in [0.717, 1.165) is 24.1 Å². The third-order valence-corrected chi connectivity index (χ3v) is 7.46. The molecule has 0 aromatic heterocycles. The third-order valence-electron chi connectivity index (χ3n) is 5.54. The number of nitrogens with zero attached hydrogens (tertiary/aromatic N) is 1. The van der Waals surface area contributed by atoms with Gasteiger partial charge in [0.25, 0.3) is 0 Å². The summed E-state index contributed by atoms with van der Waals surface area (Å²) in [4.78, 5) is 12.5. The van der Waals surface area contributed by atoms with Crippen LogP contribution in [0.3, 0.4) is 0 Å². The van der Waals surface area contributed by atoms with E-state index in [-0.39, 0.29) is 16.2 Å². The summed E-state index contributed by atoms with van der Waals surface area (Å²) in [5, 5.41) is 0. The monoisotopic (exact) mass is 435 g/mol. The van der Waals surface area contributed by atoms with Crippen molar-refractivity contribution in [3.05, 3.63) is 41.6 Å². The van der Waals surface area contributed by atoms with E-state index in [0.29, 0.717) is 45.1 Å². The van der Waals surface area contributed by atoms with Gasteiger partial charge in [0.15, 0.2) is 0 Å². The van der Waals surface area contributed by atoms with Crippen molar-refractivity contribution in [1.82, 2.24) is 15.2 Å². The zero-order valence-electron chi connectivity index (χ0n) is 18.1. The second-order valence-corrected chi connectivity index (χ2v) is 10.9. The van der Waals surface area contributed by atoms with E-state index < -0.39 is 10.0 Å². The Bertz CT molecular complexity index is 872. The molecule has 3 rings (SSSR count). The second kappa shape index (κ2) is 9.49. The van der Waals surface area contributed by atoms with E-state index >= 15 is 0 Å². The Kier molecular flexibility index (Phi) is 7.21. The summed E-state index contributed by atoms with van der Waals surface area (Å²) in [5.41, 5.74) is 7.98. The normalized spacial score (nSPS) is 22.2. The van der Waals surface area contributed by atoms with Crippen molar-refractivity contribution < 1.29 is 17.9 Å². The summed E-state index contributed by atoms with van der Waals surface area (Å²) in [7, 11) is -3.49. The molecular formula is C22H33N3O4S. The first-order valence-corrected chi connectivity index (χ1v) is 12.0. The number of hydrogen-bond acceptors (Lipinski definition) is 5. The quantitative estimate of drug-likeness (QED) is 0.643. The summed E-state index contributed by atoms with van der Waals surface area (Å²) in [6.45, 7) is 8.24. The van der Waals surface area contributed by atoms with Crippen LogP contribution < -0.4 is 10.9 Å². The molecule has 0 radical (unpaired) electrons. The van der Waals surface area contributed by atoms with E-state index in [2.05, 4.69) is 37.7 Å². The number of aryl methyl sites for hydroxylation is 1. The molecule has 1 aliphatic carbocycles. The standard InChI is InChI=1S/C22H33N3O4S/c1-17-14-19(16-22(2,3)15-17)23-24-21(26)9-6-18-4-7-20(8-5-18)30(27,28)25-10-12-29-13-11-25/h4-5,7-8,16-17,23H,6,9-15H2,1-3H3,(H,24,26)/t17-/m1/s1. The molecule has 166 valence electrons. The van der Waals surface area contributed by atoms with Crippen LogP contribution in [0.15, 0.2) is 40.9 Å². The number of carbonyl (C=O) groups excluding carboxylic acids is 1. The lowest BCUT2D eigenvalue weighted by molar-refractivity contribution is -0.121. The van der Waals surface area contributed by atoms with Crippen molar-refractivity contribution >= 4 is 15.9 Å². The van der Waals surface area contributed by atoms with Gasteiger partial charge in [0, 0.05) is 25.2 Å². The van der Waals surface area contributed by atoms with Gasteiger partial charge < -0.3 is 10.2 Å². The van der Waals surface area contributed by atoms with Gasteiger partial charge >= 0.3 is 0 Å². The van der Waals surface area contributed by atoms with E-state index in [1.807, 2.05) is 0 Å². The molecule has 7 nitrogen and oxygen atoms in total. The number of carbonyl (C=O) groups is 1. The van der Waals surface area contributed by atoms with Crippen molar-refractivity contribution in [3.63, 3.8) is 0 Å². The van der Waals surface area contributed by atoms with E-state index in [1.54, 1.807) is 24.3 Å². The van der Waals surface area contributed by atoms with Gasteiger partial charge in [-0.15, -0.1) is 0 Å². The van der Waals surface area contributed by atoms with Crippen molar-refractivity contribution in [2.45, 2.75) is 51.3 Å². The minimum atomic E-state index is -3.49. The van der Waals surface area contributed by atoms with Crippen LogP contribution in [0.25, 0.3) is 0 Å². The first-order chi connectivity index (χ1) is 14.2. The highest BCUT2D eigenvalue weighted by molar-refractivity contribution is 7.89. The van der Waals surface area contributed by atoms with Gasteiger partial charge in [-0.2, -0.15) is 4.31 Å². The predicted octanol–water partition coefficient (Wildman–Crippen LogP) is 2.60. The molecule has 8 heteroatoms. The number of hydrazine groups is 1. The highest BCUT2D eigenvalue weighted by Crippen LogP contribution is 2.35. The summed E-state index contributed by atoms with van der Waals surface area (Å²) in [6.07, 6.45) is 5.15. The molecule has 1 aromatic carbocycles. The zero-order valence-corrected chi connectivity index (χ0v) is 18.9. The maximum absolute atomic E-state index is 12.7. The number of rotatable bonds is 7. The number of sulfonamides is 1. The van der Waals surface area contributed by atoms with Crippen LogP contribution >= 0.6 is 0 Å². The minimum absolute atomic E-state index is 0.0862. The van der Waals surface area contributed by atoms with E-state index in [1.165, 1.54) is 4.31 Å². The molecule has 1 heterocycles. The molecular weight excluding hydrogens is 402 g/mol. The van der Waals surface area contributed by atoms with Crippen LogP contribution in [0.2, 0.25) is 0 Å². The van der Waals surface area contributed by atoms with Crippen molar-refractivity contribution in [2.24, 2.45) is 11.3 Å². The van der Waals surface area contributed by atoms with Crippen LogP contribution in [0.4, 0.5) is 0 Å². The molecule has 2 N–H and O–H groups in total. The van der Waals surface area contributed by atoms with Gasteiger partial charge in [-0.05, 0) is 48.3 Å². The SMILES string of the molecule is C[C@@H]1CC(NNC(=O)CCc2ccc(S(=O)(=O)N3CCOCC3)cc2)=CC(C)(C)C1. The molecule has 1 saturated heterocycles. The van der Waals surface area contributed by atoms with Gasteiger partial charge in [0.1, 0.15) is 0 Å². The number of ether oxygens (including phenoxy) is 1. The molecule has 30 heavy (non-hydrogen) atoms.